The van der Waals surface area contributed by atoms with Crippen molar-refractivity contribution in [2.75, 3.05) is 13.2 Å². The highest BCUT2D eigenvalue weighted by Crippen LogP contribution is 2.19. The smallest absolute Gasteiger partial charge is 0.326 e. The highest BCUT2D eigenvalue weighted by molar-refractivity contribution is 5.94. The Labute approximate surface area is 185 Å². The van der Waals surface area contributed by atoms with Gasteiger partial charge < -0.3 is 36.5 Å². The van der Waals surface area contributed by atoms with Gasteiger partial charge in [-0.1, -0.05) is 13.8 Å². The van der Waals surface area contributed by atoms with Gasteiger partial charge >= 0.3 is 5.97 Å². The Morgan fingerprint density at radius 2 is 1.94 bits per heavy atom. The van der Waals surface area contributed by atoms with E-state index >= 15 is 0 Å². The Morgan fingerprint density at radius 1 is 1.25 bits per heavy atom. The zero-order chi connectivity index (χ0) is 23.8. The van der Waals surface area contributed by atoms with Crippen molar-refractivity contribution in [3.8, 4) is 0 Å². The number of aliphatic carboxylic acids is 1. The molecule has 0 radical (unpaired) electrons. The predicted octanol–water partition coefficient (Wildman–Crippen LogP) is -1.64. The van der Waals surface area contributed by atoms with Crippen LogP contribution in [0.4, 0.5) is 0 Å². The molecule has 1 aliphatic heterocycles. The van der Waals surface area contributed by atoms with Crippen LogP contribution in [0, 0.1) is 5.92 Å². The Bertz CT molecular complexity index is 799. The van der Waals surface area contributed by atoms with Gasteiger partial charge in [0.05, 0.1) is 12.9 Å². The van der Waals surface area contributed by atoms with Crippen LogP contribution in [-0.4, -0.2) is 86.1 Å². The molecule has 0 spiro atoms. The number of hydrogen-bond donors (Lipinski definition) is 6. The van der Waals surface area contributed by atoms with Crippen LogP contribution in [0.15, 0.2) is 12.5 Å². The molecule has 4 unspecified atom stereocenters. The van der Waals surface area contributed by atoms with E-state index in [1.54, 1.807) is 0 Å². The third-order valence-corrected chi connectivity index (χ3v) is 5.29. The SMILES string of the molecule is CC(C)CC(NC(=O)C(N)CO)C(=O)NC(Cc1cnc[nH]1)C(=O)N1CCCC1C(=O)O. The largest absolute Gasteiger partial charge is 0.480 e. The molecule has 0 bridgehead atoms. The number of aromatic nitrogens is 2. The monoisotopic (exact) mass is 452 g/mol. The molecule has 1 aromatic heterocycles. The molecule has 1 fully saturated rings. The number of nitrogens with one attached hydrogen (secondary N) is 3. The number of carbonyl (C=O) groups excluding carboxylic acids is 3. The third-order valence-electron chi connectivity index (χ3n) is 5.29. The number of nitrogens with zero attached hydrogens (tertiary/aromatic N) is 2. The molecule has 1 aromatic rings. The van der Waals surface area contributed by atoms with Crippen molar-refractivity contribution in [3.63, 3.8) is 0 Å². The lowest BCUT2D eigenvalue weighted by molar-refractivity contribution is -0.149. The number of carboxylic acid groups (broad SMARTS) is 1. The number of carbonyl (C=O) groups is 4. The van der Waals surface area contributed by atoms with Crippen molar-refractivity contribution < 1.29 is 29.4 Å². The Hall–Kier alpha value is -2.99. The molecule has 2 heterocycles. The lowest BCUT2D eigenvalue weighted by Crippen LogP contribution is -2.58. The molecule has 12 heteroatoms. The first-order valence-corrected chi connectivity index (χ1v) is 10.6. The van der Waals surface area contributed by atoms with Crippen molar-refractivity contribution in [3.05, 3.63) is 18.2 Å². The van der Waals surface area contributed by atoms with Crippen LogP contribution in [0.3, 0.4) is 0 Å². The average molecular weight is 453 g/mol. The normalized spacial score (nSPS) is 18.8. The number of imidazole rings is 1. The first-order chi connectivity index (χ1) is 15.1. The van der Waals surface area contributed by atoms with Crippen LogP contribution < -0.4 is 16.4 Å². The van der Waals surface area contributed by atoms with E-state index in [-0.39, 0.29) is 25.3 Å². The number of carboxylic acids is 1. The minimum Gasteiger partial charge on any atom is -0.480 e. The van der Waals surface area contributed by atoms with Gasteiger partial charge in [0.1, 0.15) is 24.2 Å². The maximum absolute atomic E-state index is 13.2. The molecule has 0 saturated carbocycles. The molecule has 7 N–H and O–H groups in total. The van der Waals surface area contributed by atoms with Crippen LogP contribution in [0.25, 0.3) is 0 Å². The van der Waals surface area contributed by atoms with Gasteiger partial charge in [-0.25, -0.2) is 9.78 Å². The number of aliphatic hydroxyl groups is 1. The summed E-state index contributed by atoms with van der Waals surface area (Å²) in [6.45, 7) is 3.44. The summed E-state index contributed by atoms with van der Waals surface area (Å²) >= 11 is 0. The maximum Gasteiger partial charge on any atom is 0.326 e. The van der Waals surface area contributed by atoms with E-state index in [9.17, 15) is 24.3 Å². The molecule has 4 atom stereocenters. The van der Waals surface area contributed by atoms with Gasteiger partial charge in [0.25, 0.3) is 0 Å². The van der Waals surface area contributed by atoms with Crippen LogP contribution in [-0.2, 0) is 25.6 Å². The number of amides is 3. The maximum atomic E-state index is 13.2. The summed E-state index contributed by atoms with van der Waals surface area (Å²) < 4.78 is 0. The van der Waals surface area contributed by atoms with E-state index in [1.165, 1.54) is 17.4 Å². The highest BCUT2D eigenvalue weighted by atomic mass is 16.4. The van der Waals surface area contributed by atoms with Gasteiger partial charge in [-0.3, -0.25) is 14.4 Å². The zero-order valence-corrected chi connectivity index (χ0v) is 18.3. The molecule has 32 heavy (non-hydrogen) atoms. The van der Waals surface area contributed by atoms with Crippen LogP contribution in [0.5, 0.6) is 0 Å². The molecule has 1 saturated heterocycles. The first-order valence-electron chi connectivity index (χ1n) is 10.6. The number of hydrogen-bond acceptors (Lipinski definition) is 7. The Morgan fingerprint density at radius 3 is 2.50 bits per heavy atom. The molecule has 2 rings (SSSR count). The lowest BCUT2D eigenvalue weighted by atomic mass is 10.0. The van der Waals surface area contributed by atoms with Crippen LogP contribution in [0.1, 0.15) is 38.8 Å². The summed E-state index contributed by atoms with van der Waals surface area (Å²) in [5.74, 6) is -2.85. The van der Waals surface area contributed by atoms with Crippen molar-refractivity contribution in [1.29, 1.82) is 0 Å². The molecular formula is C20H32N6O6. The molecule has 1 aliphatic rings. The minimum atomic E-state index is -1.18. The second-order valence-corrected chi connectivity index (χ2v) is 8.35. The topological polar surface area (TPSA) is 191 Å². The fourth-order valence-electron chi connectivity index (χ4n) is 3.64. The number of rotatable bonds is 11. The Kier molecular flexibility index (Phi) is 9.14. The van der Waals surface area contributed by atoms with Crippen molar-refractivity contribution >= 4 is 23.7 Å². The van der Waals surface area contributed by atoms with E-state index in [0.29, 0.717) is 18.5 Å². The van der Waals surface area contributed by atoms with E-state index in [4.69, 9.17) is 10.8 Å². The third kappa shape index (κ3) is 6.76. The minimum absolute atomic E-state index is 0.0353. The summed E-state index contributed by atoms with van der Waals surface area (Å²) in [6.07, 6.45) is 4.20. The molecular weight excluding hydrogens is 420 g/mol. The second kappa shape index (κ2) is 11.6. The predicted molar refractivity (Wildman–Crippen MR) is 113 cm³/mol. The number of likely N-dealkylation sites (tertiary alicyclic amines) is 1. The Balaban J connectivity index is 2.21. The van der Waals surface area contributed by atoms with Gasteiger partial charge in [-0.15, -0.1) is 0 Å². The van der Waals surface area contributed by atoms with E-state index in [0.717, 1.165) is 0 Å². The number of aliphatic hydroxyl groups excluding tert-OH is 1. The van der Waals surface area contributed by atoms with Crippen LogP contribution in [0.2, 0.25) is 0 Å². The van der Waals surface area contributed by atoms with Gasteiger partial charge in [0, 0.05) is 24.9 Å². The van der Waals surface area contributed by atoms with Crippen molar-refractivity contribution in [1.82, 2.24) is 25.5 Å². The molecule has 178 valence electrons. The van der Waals surface area contributed by atoms with E-state index < -0.39 is 54.5 Å². The summed E-state index contributed by atoms with van der Waals surface area (Å²) in [5.41, 5.74) is 6.13. The molecule has 0 aromatic carbocycles. The first kappa shape index (κ1) is 25.3. The zero-order valence-electron chi connectivity index (χ0n) is 18.3. The van der Waals surface area contributed by atoms with Gasteiger partial charge in [-0.2, -0.15) is 0 Å². The van der Waals surface area contributed by atoms with Gasteiger partial charge in [0.2, 0.25) is 17.7 Å². The quantitative estimate of drug-likeness (QED) is 0.230. The van der Waals surface area contributed by atoms with Crippen molar-refractivity contribution in [2.24, 2.45) is 11.7 Å². The highest BCUT2D eigenvalue weighted by Gasteiger charge is 2.38. The van der Waals surface area contributed by atoms with Crippen LogP contribution >= 0.6 is 0 Å². The fraction of sp³-hybridized carbons (Fsp3) is 0.650. The summed E-state index contributed by atoms with van der Waals surface area (Å²) in [5, 5.41) is 23.7. The lowest BCUT2D eigenvalue weighted by Gasteiger charge is -2.29. The number of nitrogens with two attached hydrogens (primary N) is 1. The summed E-state index contributed by atoms with van der Waals surface area (Å²) in [4.78, 5) is 58.0. The fourth-order valence-corrected chi connectivity index (χ4v) is 3.64. The van der Waals surface area contributed by atoms with Crippen molar-refractivity contribution in [2.45, 2.75) is 63.7 Å². The second-order valence-electron chi connectivity index (χ2n) is 8.35. The summed E-state index contributed by atoms with van der Waals surface area (Å²) in [6, 6.07) is -4.16. The molecule has 12 nitrogen and oxygen atoms in total. The molecule has 3 amide bonds. The number of H-pyrrole nitrogens is 1. The van der Waals surface area contributed by atoms with Gasteiger partial charge in [0.15, 0.2) is 0 Å². The summed E-state index contributed by atoms with van der Waals surface area (Å²) in [7, 11) is 0. The van der Waals surface area contributed by atoms with E-state index in [1.807, 2.05) is 13.8 Å². The molecule has 0 aliphatic carbocycles. The van der Waals surface area contributed by atoms with E-state index in [2.05, 4.69) is 20.6 Å². The van der Waals surface area contributed by atoms with Gasteiger partial charge in [-0.05, 0) is 25.2 Å². The number of aromatic amines is 1. The average Bonchev–Trinajstić information content (AvgIpc) is 3.43. The standard InChI is InChI=1S/C20H32N6O6/c1-11(2)6-14(24-17(28)13(21)9-27)18(29)25-15(7-12-8-22-10-23-12)19(30)26-5-3-4-16(26)20(31)32/h8,10-11,13-16,27H,3-7,9,21H2,1-2H3,(H,22,23)(H,24,28)(H,25,29)(H,31,32).